The molecule has 0 radical (unpaired) electrons. The molecule has 4 rings (SSSR count). The third-order valence-electron chi connectivity index (χ3n) is 6.37. The average Bonchev–Trinajstić information content (AvgIpc) is 3.57. The van der Waals surface area contributed by atoms with E-state index in [0.29, 0.717) is 13.1 Å². The van der Waals surface area contributed by atoms with Crippen LogP contribution in [0.5, 0.6) is 0 Å². The minimum Gasteiger partial charge on any atom is -0.160 e. The second-order valence-corrected chi connectivity index (χ2v) is 9.34. The Bertz CT molecular complexity index is 1140. The van der Waals surface area contributed by atoms with Crippen molar-refractivity contribution >= 4 is 12.2 Å². The first kappa shape index (κ1) is 26.1. The van der Waals surface area contributed by atoms with Crippen LogP contribution in [0.25, 0.3) is 12.2 Å². The molecule has 8 nitrogen and oxygen atoms in total. The largest absolute Gasteiger partial charge is 0.174 e. The molecule has 0 aliphatic heterocycles. The Balaban J connectivity index is 1.03. The van der Waals surface area contributed by atoms with Crippen LogP contribution < -0.4 is 0 Å². The fourth-order valence-corrected chi connectivity index (χ4v) is 4.18. The van der Waals surface area contributed by atoms with E-state index in [9.17, 15) is 0 Å². The number of rotatable bonds is 16. The van der Waals surface area contributed by atoms with Gasteiger partial charge in [0.05, 0.1) is 13.1 Å². The number of hydrogen-bond donors (Lipinski definition) is 0. The lowest BCUT2D eigenvalue weighted by Crippen LogP contribution is -2.04. The SMILES string of the molecule is C=Cc1ccc(Cn2nnc(CCCCCCCCCc3nnn(Cc4ccc(C=C)cc4)n3)n2)cc1. The maximum absolute atomic E-state index is 4.52. The number of aromatic nitrogens is 8. The summed E-state index contributed by atoms with van der Waals surface area (Å²) in [6, 6.07) is 16.5. The van der Waals surface area contributed by atoms with Crippen molar-refractivity contribution in [3.05, 3.63) is 95.6 Å². The van der Waals surface area contributed by atoms with Crippen LogP contribution in [0.15, 0.2) is 61.7 Å². The van der Waals surface area contributed by atoms with Crippen LogP contribution in [0, 0.1) is 0 Å². The molecule has 192 valence electrons. The minimum absolute atomic E-state index is 0.639. The summed E-state index contributed by atoms with van der Waals surface area (Å²) in [6.45, 7) is 8.85. The summed E-state index contributed by atoms with van der Waals surface area (Å²) in [5, 5.41) is 25.8. The van der Waals surface area contributed by atoms with Gasteiger partial charge in [-0.15, -0.1) is 20.4 Å². The summed E-state index contributed by atoms with van der Waals surface area (Å²) < 4.78 is 0. The molecular formula is C29H36N8. The fourth-order valence-electron chi connectivity index (χ4n) is 4.18. The Morgan fingerprint density at radius 3 is 1.30 bits per heavy atom. The predicted molar refractivity (Wildman–Crippen MR) is 147 cm³/mol. The second kappa shape index (κ2) is 14.0. The highest BCUT2D eigenvalue weighted by Crippen LogP contribution is 2.11. The molecule has 2 aromatic heterocycles. The van der Waals surface area contributed by atoms with Gasteiger partial charge < -0.3 is 0 Å². The lowest BCUT2D eigenvalue weighted by Gasteiger charge is -2.01. The van der Waals surface area contributed by atoms with Crippen LogP contribution in [0.3, 0.4) is 0 Å². The molecule has 0 aliphatic rings. The number of hydrogen-bond acceptors (Lipinski definition) is 6. The van der Waals surface area contributed by atoms with Gasteiger partial charge >= 0.3 is 0 Å². The van der Waals surface area contributed by atoms with Gasteiger partial charge in [-0.3, -0.25) is 0 Å². The van der Waals surface area contributed by atoms with Gasteiger partial charge in [0.1, 0.15) is 0 Å². The van der Waals surface area contributed by atoms with E-state index in [1.54, 1.807) is 9.59 Å². The Hall–Kier alpha value is -3.94. The van der Waals surface area contributed by atoms with Crippen LogP contribution in [0.2, 0.25) is 0 Å². The Kier molecular flexibility index (Phi) is 9.86. The van der Waals surface area contributed by atoms with E-state index in [2.05, 4.69) is 68.2 Å². The van der Waals surface area contributed by atoms with Crippen LogP contribution in [-0.4, -0.2) is 40.4 Å². The molecule has 2 heterocycles. The van der Waals surface area contributed by atoms with Crippen molar-refractivity contribution in [2.24, 2.45) is 0 Å². The van der Waals surface area contributed by atoms with Crippen molar-refractivity contribution in [3.63, 3.8) is 0 Å². The van der Waals surface area contributed by atoms with Gasteiger partial charge in [-0.05, 0) is 45.5 Å². The first-order valence-corrected chi connectivity index (χ1v) is 13.2. The van der Waals surface area contributed by atoms with Gasteiger partial charge in [-0.25, -0.2) is 0 Å². The molecule has 0 N–H and O–H groups in total. The topological polar surface area (TPSA) is 87.2 Å². The van der Waals surface area contributed by atoms with E-state index < -0.39 is 0 Å². The molecular weight excluding hydrogens is 460 g/mol. The summed E-state index contributed by atoms with van der Waals surface area (Å²) in [4.78, 5) is 3.35. The van der Waals surface area contributed by atoms with Gasteiger partial charge in [0.25, 0.3) is 0 Å². The zero-order valence-electron chi connectivity index (χ0n) is 21.5. The summed E-state index contributed by atoms with van der Waals surface area (Å²) >= 11 is 0. The summed E-state index contributed by atoms with van der Waals surface area (Å²) in [5.74, 6) is 1.66. The van der Waals surface area contributed by atoms with Crippen molar-refractivity contribution in [2.75, 3.05) is 0 Å². The van der Waals surface area contributed by atoms with Crippen molar-refractivity contribution in [1.29, 1.82) is 0 Å². The molecule has 0 unspecified atom stereocenters. The smallest absolute Gasteiger partial charge is 0.160 e. The lowest BCUT2D eigenvalue weighted by atomic mass is 10.1. The molecule has 2 aromatic carbocycles. The van der Waals surface area contributed by atoms with E-state index in [4.69, 9.17) is 0 Å². The molecule has 0 amide bonds. The normalized spacial score (nSPS) is 11.0. The molecule has 4 aromatic rings. The van der Waals surface area contributed by atoms with Crippen molar-refractivity contribution < 1.29 is 0 Å². The number of benzene rings is 2. The van der Waals surface area contributed by atoms with E-state index in [-0.39, 0.29) is 0 Å². The van der Waals surface area contributed by atoms with E-state index in [0.717, 1.165) is 59.6 Å². The zero-order chi connectivity index (χ0) is 25.7. The molecule has 0 aliphatic carbocycles. The quantitative estimate of drug-likeness (QED) is 0.189. The summed E-state index contributed by atoms with van der Waals surface area (Å²) in [5.41, 5.74) is 4.54. The molecule has 8 heteroatoms. The standard InChI is InChI=1S/C29H36N8/c1-3-24-14-18-26(19-15-24)22-36-32-28(30-34-36)12-10-8-6-5-7-9-11-13-29-31-35-37(33-29)23-27-20-16-25(4-2)17-21-27/h3-4,14-21H,1-2,5-13,22-23H2. The highest BCUT2D eigenvalue weighted by molar-refractivity contribution is 5.47. The highest BCUT2D eigenvalue weighted by Gasteiger charge is 2.05. The van der Waals surface area contributed by atoms with Crippen molar-refractivity contribution in [2.45, 2.75) is 70.9 Å². The molecule has 0 spiro atoms. The van der Waals surface area contributed by atoms with E-state index in [1.807, 2.05) is 36.4 Å². The monoisotopic (exact) mass is 496 g/mol. The third kappa shape index (κ3) is 8.59. The molecule has 0 fully saturated rings. The Morgan fingerprint density at radius 2 is 0.919 bits per heavy atom. The highest BCUT2D eigenvalue weighted by atomic mass is 15.6. The Labute approximate surface area is 219 Å². The van der Waals surface area contributed by atoms with E-state index >= 15 is 0 Å². The lowest BCUT2D eigenvalue weighted by molar-refractivity contribution is 0.559. The number of nitrogens with zero attached hydrogens (tertiary/aromatic N) is 8. The van der Waals surface area contributed by atoms with Gasteiger partial charge in [0.15, 0.2) is 11.6 Å². The summed E-state index contributed by atoms with van der Waals surface area (Å²) in [7, 11) is 0. The molecule has 0 atom stereocenters. The van der Waals surface area contributed by atoms with Crippen molar-refractivity contribution in [3.8, 4) is 0 Å². The third-order valence-corrected chi connectivity index (χ3v) is 6.37. The average molecular weight is 497 g/mol. The first-order chi connectivity index (χ1) is 18.2. The van der Waals surface area contributed by atoms with E-state index in [1.165, 1.54) is 32.1 Å². The fraction of sp³-hybridized carbons (Fsp3) is 0.379. The van der Waals surface area contributed by atoms with Crippen LogP contribution in [-0.2, 0) is 25.9 Å². The molecule has 37 heavy (non-hydrogen) atoms. The first-order valence-electron chi connectivity index (χ1n) is 13.2. The van der Waals surface area contributed by atoms with Gasteiger partial charge in [-0.2, -0.15) is 9.59 Å². The van der Waals surface area contributed by atoms with Gasteiger partial charge in [-0.1, -0.05) is 106 Å². The predicted octanol–water partition coefficient (Wildman–Crippen LogP) is 5.56. The maximum Gasteiger partial charge on any atom is 0.174 e. The molecule has 0 bridgehead atoms. The number of aryl methyl sites for hydroxylation is 2. The van der Waals surface area contributed by atoms with Crippen LogP contribution >= 0.6 is 0 Å². The van der Waals surface area contributed by atoms with Crippen LogP contribution in [0.1, 0.15) is 78.8 Å². The Morgan fingerprint density at radius 1 is 0.541 bits per heavy atom. The molecule has 0 saturated carbocycles. The summed E-state index contributed by atoms with van der Waals surface area (Å²) in [6.07, 6.45) is 13.8. The van der Waals surface area contributed by atoms with Crippen molar-refractivity contribution in [1.82, 2.24) is 40.4 Å². The number of tetrazole rings is 2. The maximum atomic E-state index is 4.52. The van der Waals surface area contributed by atoms with Gasteiger partial charge in [0, 0.05) is 12.8 Å². The molecule has 0 saturated heterocycles. The number of unbranched alkanes of at least 4 members (excludes halogenated alkanes) is 6. The van der Waals surface area contributed by atoms with Crippen LogP contribution in [0.4, 0.5) is 0 Å². The second-order valence-electron chi connectivity index (χ2n) is 9.34. The van der Waals surface area contributed by atoms with Gasteiger partial charge in [0.2, 0.25) is 0 Å². The zero-order valence-corrected chi connectivity index (χ0v) is 21.5. The minimum atomic E-state index is 0.639.